The van der Waals surface area contributed by atoms with Crippen molar-refractivity contribution < 1.29 is 0 Å². The van der Waals surface area contributed by atoms with Crippen LogP contribution in [-0.4, -0.2) is 11.8 Å². The zero-order valence-electron chi connectivity index (χ0n) is 10.9. The lowest BCUT2D eigenvalue weighted by molar-refractivity contribution is 0.755. The van der Waals surface area contributed by atoms with E-state index in [1.807, 2.05) is 18.2 Å². The van der Waals surface area contributed by atoms with Crippen LogP contribution in [0.4, 0.5) is 5.69 Å². The van der Waals surface area contributed by atoms with Crippen LogP contribution in [0.3, 0.4) is 0 Å². The number of nitrogens with one attached hydrogen (secondary N) is 1. The zero-order chi connectivity index (χ0) is 13.4. The Labute approximate surface area is 114 Å². The molecule has 94 valence electrons. The van der Waals surface area contributed by atoms with Gasteiger partial charge in [-0.15, -0.1) is 18.2 Å². The van der Waals surface area contributed by atoms with E-state index in [-0.39, 0.29) is 6.04 Å². The molecule has 1 aromatic carbocycles. The third-order valence-corrected chi connectivity index (χ3v) is 3.49. The number of benzene rings is 1. The maximum atomic E-state index is 9.29. The quantitative estimate of drug-likeness (QED) is 0.621. The van der Waals surface area contributed by atoms with Gasteiger partial charge in [-0.1, -0.05) is 32.3 Å². The highest BCUT2D eigenvalue weighted by atomic mass is 32.2. The maximum absolute atomic E-state index is 9.29. The summed E-state index contributed by atoms with van der Waals surface area (Å²) in [7, 11) is 0. The lowest BCUT2D eigenvalue weighted by Gasteiger charge is -2.16. The lowest BCUT2D eigenvalue weighted by atomic mass is 10.1. The van der Waals surface area contributed by atoms with Crippen LogP contribution in [0.25, 0.3) is 0 Å². The molecule has 18 heavy (non-hydrogen) atoms. The topological polar surface area (TPSA) is 35.8 Å². The molecule has 0 amide bonds. The summed E-state index contributed by atoms with van der Waals surface area (Å²) in [6.45, 7) is 4.17. The fourth-order valence-corrected chi connectivity index (χ4v) is 2.50. The molecule has 2 nitrogen and oxygen atoms in total. The van der Waals surface area contributed by atoms with E-state index in [0.717, 1.165) is 29.2 Å². The molecule has 3 heteroatoms. The van der Waals surface area contributed by atoms with Gasteiger partial charge in [0, 0.05) is 4.90 Å². The number of nitriles is 1. The van der Waals surface area contributed by atoms with Crippen LogP contribution in [0.5, 0.6) is 0 Å². The summed E-state index contributed by atoms with van der Waals surface area (Å²) in [5, 5.41) is 12.6. The standard InChI is InChI=1S/C15H18N2S/c1-4-8-12(5-2)17-14-9-7-10-15(18-6-3)13(14)11-16/h2,7,9-10,12,17H,4,6,8H2,1,3H3. The molecule has 1 atom stereocenters. The smallest absolute Gasteiger partial charge is 0.102 e. The highest BCUT2D eigenvalue weighted by molar-refractivity contribution is 7.99. The van der Waals surface area contributed by atoms with Crippen LogP contribution < -0.4 is 5.32 Å². The SMILES string of the molecule is C#CC(CCC)Nc1cccc(SCC)c1C#N. The van der Waals surface area contributed by atoms with Crippen molar-refractivity contribution in [3.8, 4) is 18.4 Å². The van der Waals surface area contributed by atoms with Gasteiger partial charge in [0.2, 0.25) is 0 Å². The predicted octanol–water partition coefficient (Wildman–Crippen LogP) is 3.88. The van der Waals surface area contributed by atoms with E-state index < -0.39 is 0 Å². The van der Waals surface area contributed by atoms with Crippen molar-refractivity contribution in [2.45, 2.75) is 37.6 Å². The average Bonchev–Trinajstić information content (AvgIpc) is 2.39. The number of nitrogens with zero attached hydrogens (tertiary/aromatic N) is 1. The average molecular weight is 258 g/mol. The second kappa shape index (κ2) is 7.69. The minimum absolute atomic E-state index is 0.0102. The van der Waals surface area contributed by atoms with Crippen molar-refractivity contribution in [1.29, 1.82) is 5.26 Å². The van der Waals surface area contributed by atoms with E-state index in [0.29, 0.717) is 5.56 Å². The molecule has 0 spiro atoms. The maximum Gasteiger partial charge on any atom is 0.102 e. The Balaban J connectivity index is 2.99. The van der Waals surface area contributed by atoms with Crippen molar-refractivity contribution in [2.75, 3.05) is 11.1 Å². The molecule has 0 aromatic heterocycles. The normalized spacial score (nSPS) is 11.3. The third kappa shape index (κ3) is 3.72. The van der Waals surface area contributed by atoms with Crippen LogP contribution in [0.2, 0.25) is 0 Å². The van der Waals surface area contributed by atoms with Gasteiger partial charge in [0.25, 0.3) is 0 Å². The van der Waals surface area contributed by atoms with E-state index in [9.17, 15) is 5.26 Å². The highest BCUT2D eigenvalue weighted by Crippen LogP contribution is 2.28. The highest BCUT2D eigenvalue weighted by Gasteiger charge is 2.10. The molecule has 1 unspecified atom stereocenters. The van der Waals surface area contributed by atoms with Crippen LogP contribution in [0.15, 0.2) is 23.1 Å². The molecule has 1 aromatic rings. The van der Waals surface area contributed by atoms with Gasteiger partial charge in [0.1, 0.15) is 6.07 Å². The fourth-order valence-electron chi connectivity index (χ4n) is 1.72. The minimum Gasteiger partial charge on any atom is -0.370 e. The molecular weight excluding hydrogens is 240 g/mol. The summed E-state index contributed by atoms with van der Waals surface area (Å²) in [5.41, 5.74) is 1.54. The van der Waals surface area contributed by atoms with Crippen molar-refractivity contribution >= 4 is 17.4 Å². The van der Waals surface area contributed by atoms with Crippen molar-refractivity contribution in [1.82, 2.24) is 0 Å². The van der Waals surface area contributed by atoms with Gasteiger partial charge in [-0.25, -0.2) is 0 Å². The predicted molar refractivity (Wildman–Crippen MR) is 78.7 cm³/mol. The Morgan fingerprint density at radius 2 is 2.22 bits per heavy atom. The molecule has 0 heterocycles. The molecule has 0 fully saturated rings. The van der Waals surface area contributed by atoms with Gasteiger partial charge in [0.05, 0.1) is 17.3 Å². The summed E-state index contributed by atoms with van der Waals surface area (Å²) in [5.74, 6) is 3.68. The van der Waals surface area contributed by atoms with Crippen molar-refractivity contribution in [2.24, 2.45) is 0 Å². The molecule has 0 aliphatic carbocycles. The van der Waals surface area contributed by atoms with Crippen molar-refractivity contribution in [3.05, 3.63) is 23.8 Å². The molecule has 0 radical (unpaired) electrons. The third-order valence-electron chi connectivity index (χ3n) is 2.55. The zero-order valence-corrected chi connectivity index (χ0v) is 11.7. The van der Waals surface area contributed by atoms with Gasteiger partial charge < -0.3 is 5.32 Å². The lowest BCUT2D eigenvalue weighted by Crippen LogP contribution is -2.17. The molecular formula is C15H18N2S. The van der Waals surface area contributed by atoms with Crippen LogP contribution in [0.1, 0.15) is 32.3 Å². The Kier molecular flexibility index (Phi) is 6.19. The largest absolute Gasteiger partial charge is 0.370 e. The van der Waals surface area contributed by atoms with E-state index >= 15 is 0 Å². The molecule has 1 rings (SSSR count). The number of thioether (sulfide) groups is 1. The number of rotatable bonds is 6. The van der Waals surface area contributed by atoms with Crippen LogP contribution >= 0.6 is 11.8 Å². The van der Waals surface area contributed by atoms with Crippen LogP contribution in [0, 0.1) is 23.7 Å². The number of anilines is 1. The van der Waals surface area contributed by atoms with Gasteiger partial charge in [0.15, 0.2) is 0 Å². The summed E-state index contributed by atoms with van der Waals surface area (Å²) in [4.78, 5) is 1.01. The van der Waals surface area contributed by atoms with E-state index in [4.69, 9.17) is 6.42 Å². The van der Waals surface area contributed by atoms with E-state index in [2.05, 4.69) is 31.2 Å². The second-order valence-electron chi connectivity index (χ2n) is 3.88. The number of hydrogen-bond acceptors (Lipinski definition) is 3. The summed E-state index contributed by atoms with van der Waals surface area (Å²) < 4.78 is 0. The summed E-state index contributed by atoms with van der Waals surface area (Å²) >= 11 is 1.67. The Morgan fingerprint density at radius 3 is 2.78 bits per heavy atom. The van der Waals surface area contributed by atoms with E-state index in [1.165, 1.54) is 0 Å². The van der Waals surface area contributed by atoms with Gasteiger partial charge >= 0.3 is 0 Å². The first-order valence-electron chi connectivity index (χ1n) is 6.15. The number of hydrogen-bond donors (Lipinski definition) is 1. The molecule has 0 saturated carbocycles. The first-order valence-corrected chi connectivity index (χ1v) is 7.13. The summed E-state index contributed by atoms with van der Waals surface area (Å²) in [6.07, 6.45) is 7.42. The first-order chi connectivity index (χ1) is 8.76. The second-order valence-corrected chi connectivity index (χ2v) is 5.18. The summed E-state index contributed by atoms with van der Waals surface area (Å²) in [6, 6.07) is 8.11. The number of terminal acetylenes is 1. The van der Waals surface area contributed by atoms with Gasteiger partial charge in [-0.3, -0.25) is 0 Å². The first kappa shape index (κ1) is 14.5. The monoisotopic (exact) mass is 258 g/mol. The molecule has 0 aliphatic rings. The van der Waals surface area contributed by atoms with Gasteiger partial charge in [-0.2, -0.15) is 5.26 Å². The van der Waals surface area contributed by atoms with E-state index in [1.54, 1.807) is 11.8 Å². The molecule has 0 saturated heterocycles. The fraction of sp³-hybridized carbons (Fsp3) is 0.400. The Hall–Kier alpha value is -1.58. The van der Waals surface area contributed by atoms with Gasteiger partial charge in [-0.05, 0) is 24.3 Å². The minimum atomic E-state index is -0.0102. The Morgan fingerprint density at radius 1 is 1.44 bits per heavy atom. The Bertz CT molecular complexity index is 468. The molecule has 0 bridgehead atoms. The van der Waals surface area contributed by atoms with Crippen LogP contribution in [-0.2, 0) is 0 Å². The molecule has 1 N–H and O–H groups in total. The molecule has 0 aliphatic heterocycles. The van der Waals surface area contributed by atoms with Crippen molar-refractivity contribution in [3.63, 3.8) is 0 Å².